The normalized spacial score (nSPS) is 13.5. The quantitative estimate of drug-likeness (QED) is 0.772. The Labute approximate surface area is 118 Å². The lowest BCUT2D eigenvalue weighted by Crippen LogP contribution is -2.33. The molecule has 0 radical (unpaired) electrons. The molecule has 1 aliphatic carbocycles. The molecule has 5 heteroatoms. The van der Waals surface area contributed by atoms with Gasteiger partial charge in [0.15, 0.2) is 0 Å². The summed E-state index contributed by atoms with van der Waals surface area (Å²) in [6.45, 7) is 1.99. The van der Waals surface area contributed by atoms with Gasteiger partial charge in [-0.05, 0) is 31.9 Å². The van der Waals surface area contributed by atoms with Crippen molar-refractivity contribution in [2.75, 3.05) is 20.8 Å². The maximum Gasteiger partial charge on any atom is 0.255 e. The van der Waals surface area contributed by atoms with E-state index in [0.717, 1.165) is 18.4 Å². The molecular formula is C15H18N2O3. The number of amides is 1. The number of carbonyl (C=O) groups is 1. The highest BCUT2D eigenvalue weighted by molar-refractivity contribution is 5.96. The van der Waals surface area contributed by atoms with Gasteiger partial charge in [-0.3, -0.25) is 4.79 Å². The van der Waals surface area contributed by atoms with Gasteiger partial charge in [-0.2, -0.15) is 5.26 Å². The lowest BCUT2D eigenvalue weighted by molar-refractivity contribution is 0.0764. The molecule has 20 heavy (non-hydrogen) atoms. The molecule has 0 aromatic heterocycles. The Morgan fingerprint density at radius 3 is 2.30 bits per heavy atom. The summed E-state index contributed by atoms with van der Waals surface area (Å²) in [5.41, 5.74) is 1.34. The van der Waals surface area contributed by atoms with Crippen molar-refractivity contribution in [1.82, 2.24) is 4.90 Å². The summed E-state index contributed by atoms with van der Waals surface area (Å²) in [5.74, 6) is 1.08. The molecule has 1 aromatic carbocycles. The molecule has 0 saturated heterocycles. The summed E-state index contributed by atoms with van der Waals surface area (Å²) in [7, 11) is 3.12. The minimum absolute atomic E-state index is 0.113. The van der Waals surface area contributed by atoms with Gasteiger partial charge in [-0.1, -0.05) is 0 Å². The minimum Gasteiger partial charge on any atom is -0.496 e. The second-order valence-electron chi connectivity index (χ2n) is 4.83. The maximum absolute atomic E-state index is 12.5. The molecule has 0 unspecified atom stereocenters. The molecule has 106 valence electrons. The van der Waals surface area contributed by atoms with Crippen LogP contribution in [0.4, 0.5) is 0 Å². The number of nitriles is 1. The predicted molar refractivity (Wildman–Crippen MR) is 74.0 cm³/mol. The van der Waals surface area contributed by atoms with Gasteiger partial charge in [0.25, 0.3) is 5.91 Å². The van der Waals surface area contributed by atoms with Crippen LogP contribution < -0.4 is 9.47 Å². The summed E-state index contributed by atoms with van der Waals surface area (Å²) >= 11 is 0. The van der Waals surface area contributed by atoms with E-state index < -0.39 is 0 Å². The van der Waals surface area contributed by atoms with Crippen molar-refractivity contribution in [2.24, 2.45) is 0 Å². The van der Waals surface area contributed by atoms with E-state index in [2.05, 4.69) is 6.07 Å². The van der Waals surface area contributed by atoms with Gasteiger partial charge >= 0.3 is 0 Å². The van der Waals surface area contributed by atoms with Gasteiger partial charge in [0.05, 0.1) is 20.3 Å². The summed E-state index contributed by atoms with van der Waals surface area (Å²) < 4.78 is 10.6. The number of benzene rings is 1. The number of hydrogen-bond donors (Lipinski definition) is 0. The van der Waals surface area contributed by atoms with E-state index in [9.17, 15) is 4.79 Å². The van der Waals surface area contributed by atoms with Crippen molar-refractivity contribution in [3.05, 3.63) is 23.3 Å². The van der Waals surface area contributed by atoms with Crippen LogP contribution in [-0.2, 0) is 0 Å². The fourth-order valence-corrected chi connectivity index (χ4v) is 2.20. The number of nitrogens with zero attached hydrogens (tertiary/aromatic N) is 2. The van der Waals surface area contributed by atoms with Gasteiger partial charge in [-0.15, -0.1) is 0 Å². The molecule has 5 nitrogen and oxygen atoms in total. The van der Waals surface area contributed by atoms with Crippen LogP contribution >= 0.6 is 0 Å². The molecule has 0 heterocycles. The zero-order valence-electron chi connectivity index (χ0n) is 12.0. The fraction of sp³-hybridized carbons (Fsp3) is 0.467. The van der Waals surface area contributed by atoms with E-state index in [-0.39, 0.29) is 18.5 Å². The van der Waals surface area contributed by atoms with Gasteiger partial charge in [-0.25, -0.2) is 0 Å². The maximum atomic E-state index is 12.5. The highest BCUT2D eigenvalue weighted by atomic mass is 16.5. The van der Waals surface area contributed by atoms with E-state index in [0.29, 0.717) is 17.1 Å². The lowest BCUT2D eigenvalue weighted by Gasteiger charge is -2.20. The van der Waals surface area contributed by atoms with Crippen LogP contribution in [0, 0.1) is 18.3 Å². The van der Waals surface area contributed by atoms with Crippen molar-refractivity contribution in [3.8, 4) is 17.6 Å². The van der Waals surface area contributed by atoms with Crippen LogP contribution in [0.1, 0.15) is 28.8 Å². The molecule has 1 aromatic rings. The summed E-state index contributed by atoms with van der Waals surface area (Å²) in [6.07, 6.45) is 1.93. The monoisotopic (exact) mass is 274 g/mol. The molecule has 1 fully saturated rings. The van der Waals surface area contributed by atoms with Crippen LogP contribution in [0.2, 0.25) is 0 Å². The molecule has 0 spiro atoms. The first kappa shape index (κ1) is 14.2. The molecule has 0 bridgehead atoms. The third-order valence-corrected chi connectivity index (χ3v) is 3.49. The van der Waals surface area contributed by atoms with Gasteiger partial charge in [0.1, 0.15) is 18.0 Å². The Morgan fingerprint density at radius 1 is 1.35 bits per heavy atom. The highest BCUT2D eigenvalue weighted by Crippen LogP contribution is 2.32. The van der Waals surface area contributed by atoms with Crippen molar-refractivity contribution in [3.63, 3.8) is 0 Å². The molecule has 1 saturated carbocycles. The number of carbonyl (C=O) groups excluding carboxylic acids is 1. The smallest absolute Gasteiger partial charge is 0.255 e. The Balaban J connectivity index is 2.36. The standard InChI is InChI=1S/C15H18N2O3/c1-10-13(19-2)8-11(9-14(10)20-3)15(18)17(7-6-16)12-4-5-12/h8-9,12H,4-5,7H2,1-3H3. The van der Waals surface area contributed by atoms with E-state index in [1.54, 1.807) is 31.3 Å². The third kappa shape index (κ3) is 2.69. The summed E-state index contributed by atoms with van der Waals surface area (Å²) in [6, 6.07) is 5.65. The van der Waals surface area contributed by atoms with Crippen molar-refractivity contribution in [2.45, 2.75) is 25.8 Å². The predicted octanol–water partition coefficient (Wildman–Crippen LogP) is 2.14. The van der Waals surface area contributed by atoms with Crippen LogP contribution in [0.5, 0.6) is 11.5 Å². The Kier molecular flexibility index (Phi) is 4.14. The van der Waals surface area contributed by atoms with Crippen molar-refractivity contribution in [1.29, 1.82) is 5.26 Å². The third-order valence-electron chi connectivity index (χ3n) is 3.49. The number of ether oxygens (including phenoxy) is 2. The summed E-state index contributed by atoms with van der Waals surface area (Å²) in [4.78, 5) is 14.1. The Bertz CT molecular complexity index is 534. The SMILES string of the molecule is COc1cc(C(=O)N(CC#N)C2CC2)cc(OC)c1C. The first-order valence-electron chi connectivity index (χ1n) is 6.53. The fourth-order valence-electron chi connectivity index (χ4n) is 2.20. The zero-order valence-corrected chi connectivity index (χ0v) is 12.0. The van der Waals surface area contributed by atoms with Crippen LogP contribution in [-0.4, -0.2) is 37.6 Å². The molecule has 0 N–H and O–H groups in total. The van der Waals surface area contributed by atoms with Crippen LogP contribution in [0.25, 0.3) is 0 Å². The van der Waals surface area contributed by atoms with Crippen LogP contribution in [0.15, 0.2) is 12.1 Å². The van der Waals surface area contributed by atoms with Gasteiger partial charge < -0.3 is 14.4 Å². The number of hydrogen-bond acceptors (Lipinski definition) is 4. The first-order chi connectivity index (χ1) is 9.62. The molecule has 1 aliphatic rings. The molecular weight excluding hydrogens is 256 g/mol. The van der Waals surface area contributed by atoms with Crippen LogP contribution in [0.3, 0.4) is 0 Å². The van der Waals surface area contributed by atoms with Crippen molar-refractivity contribution < 1.29 is 14.3 Å². The second-order valence-corrected chi connectivity index (χ2v) is 4.83. The van der Waals surface area contributed by atoms with E-state index >= 15 is 0 Å². The second kappa shape index (κ2) is 5.83. The van der Waals surface area contributed by atoms with Gasteiger partial charge in [0.2, 0.25) is 0 Å². The largest absolute Gasteiger partial charge is 0.496 e. The average Bonchev–Trinajstić information content (AvgIpc) is 3.28. The van der Waals surface area contributed by atoms with Gasteiger partial charge in [0, 0.05) is 17.2 Å². The minimum atomic E-state index is -0.148. The Morgan fingerprint density at radius 2 is 1.90 bits per heavy atom. The Hall–Kier alpha value is -2.22. The van der Waals surface area contributed by atoms with Crippen molar-refractivity contribution >= 4 is 5.91 Å². The topological polar surface area (TPSA) is 62.6 Å². The van der Waals surface area contributed by atoms with E-state index in [1.165, 1.54) is 0 Å². The van der Waals surface area contributed by atoms with E-state index in [1.807, 2.05) is 6.92 Å². The zero-order chi connectivity index (χ0) is 14.7. The molecule has 0 atom stereocenters. The highest BCUT2D eigenvalue weighted by Gasteiger charge is 2.33. The summed E-state index contributed by atoms with van der Waals surface area (Å²) in [5, 5.41) is 8.86. The average molecular weight is 274 g/mol. The molecule has 0 aliphatic heterocycles. The lowest BCUT2D eigenvalue weighted by atomic mass is 10.1. The number of rotatable bonds is 5. The molecule has 1 amide bonds. The molecule has 2 rings (SSSR count). The van der Waals surface area contributed by atoms with E-state index in [4.69, 9.17) is 14.7 Å². The number of methoxy groups -OCH3 is 2. The first-order valence-corrected chi connectivity index (χ1v) is 6.53.